The van der Waals surface area contributed by atoms with Gasteiger partial charge in [-0.25, -0.2) is 0 Å². The summed E-state index contributed by atoms with van der Waals surface area (Å²) < 4.78 is 1.65. The molecule has 25 heavy (non-hydrogen) atoms. The number of rotatable bonds is 5. The number of pyridine rings is 1. The van der Waals surface area contributed by atoms with Gasteiger partial charge in [-0.05, 0) is 38.2 Å². The van der Waals surface area contributed by atoms with Crippen molar-refractivity contribution in [2.75, 3.05) is 6.54 Å². The molecule has 0 saturated carbocycles. The first-order valence-corrected chi connectivity index (χ1v) is 8.19. The van der Waals surface area contributed by atoms with Crippen molar-refractivity contribution in [2.45, 2.75) is 20.8 Å². The average Bonchev–Trinajstić information content (AvgIpc) is 2.55. The third-order valence-corrected chi connectivity index (χ3v) is 3.98. The van der Waals surface area contributed by atoms with Gasteiger partial charge in [-0.1, -0.05) is 24.4 Å². The summed E-state index contributed by atoms with van der Waals surface area (Å²) in [6.45, 7) is 5.99. The number of nitrogens with zero attached hydrogens (tertiary/aromatic N) is 2. The highest BCUT2D eigenvalue weighted by atomic mass is 32.1. The zero-order valence-corrected chi connectivity index (χ0v) is 15.1. The van der Waals surface area contributed by atoms with E-state index in [1.165, 1.54) is 6.07 Å². The molecule has 7 heteroatoms. The van der Waals surface area contributed by atoms with Crippen LogP contribution in [-0.4, -0.2) is 16.5 Å². The zero-order chi connectivity index (χ0) is 18.6. The van der Waals surface area contributed by atoms with Crippen molar-refractivity contribution in [3.8, 4) is 0 Å². The van der Waals surface area contributed by atoms with Crippen molar-refractivity contribution in [1.82, 2.24) is 5.32 Å². The number of nitrogens with one attached hydrogen (secondary N) is 1. The second-order valence-corrected chi connectivity index (χ2v) is 5.99. The lowest BCUT2D eigenvalue weighted by molar-refractivity contribution is -0.578. The molecule has 6 nitrogen and oxygen atoms in total. The summed E-state index contributed by atoms with van der Waals surface area (Å²) in [5.41, 5.74) is 1.86. The van der Waals surface area contributed by atoms with Crippen molar-refractivity contribution in [2.24, 2.45) is 0 Å². The van der Waals surface area contributed by atoms with Gasteiger partial charge in [0.1, 0.15) is 0 Å². The Bertz CT molecular complexity index is 862. The van der Waals surface area contributed by atoms with Gasteiger partial charge in [-0.2, -0.15) is 4.57 Å². The Hall–Kier alpha value is -2.80. The average molecular weight is 357 g/mol. The summed E-state index contributed by atoms with van der Waals surface area (Å²) >= 11 is 5.36. The summed E-state index contributed by atoms with van der Waals surface area (Å²) in [4.78, 5) is 11.0. The first-order valence-electron chi connectivity index (χ1n) is 7.78. The Balaban J connectivity index is 2.67. The van der Waals surface area contributed by atoms with Gasteiger partial charge in [-0.3, -0.25) is 10.1 Å². The van der Waals surface area contributed by atoms with Crippen molar-refractivity contribution < 1.29 is 14.6 Å². The lowest BCUT2D eigenvalue weighted by atomic mass is 10.1. The predicted molar refractivity (Wildman–Crippen MR) is 98.6 cm³/mol. The van der Waals surface area contributed by atoms with Crippen LogP contribution < -0.4 is 15.0 Å². The van der Waals surface area contributed by atoms with Crippen molar-refractivity contribution >= 4 is 34.3 Å². The Morgan fingerprint density at radius 1 is 1.32 bits per heavy atom. The van der Waals surface area contributed by atoms with Crippen LogP contribution in [0.4, 0.5) is 5.69 Å². The lowest BCUT2D eigenvalue weighted by Crippen LogP contribution is -2.42. The Morgan fingerprint density at radius 2 is 2.04 bits per heavy atom. The molecule has 1 aromatic heterocycles. The molecule has 0 fully saturated rings. The molecule has 1 heterocycles. The highest BCUT2D eigenvalue weighted by Gasteiger charge is 2.20. The van der Waals surface area contributed by atoms with E-state index in [1.54, 1.807) is 36.0 Å². The quantitative estimate of drug-likeness (QED) is 0.221. The van der Waals surface area contributed by atoms with Crippen LogP contribution in [0.5, 0.6) is 0 Å². The number of nitro benzene ring substituents is 1. The number of thiocarbonyl (C=S) groups is 1. The van der Waals surface area contributed by atoms with E-state index in [4.69, 9.17) is 12.2 Å². The van der Waals surface area contributed by atoms with Gasteiger partial charge in [0.15, 0.2) is 17.4 Å². The number of nitro groups is 1. The number of aryl methyl sites for hydroxylation is 2. The minimum atomic E-state index is -0.492. The maximum atomic E-state index is 13.1. The van der Waals surface area contributed by atoms with Crippen LogP contribution in [0.1, 0.15) is 23.6 Å². The second-order valence-electron chi connectivity index (χ2n) is 5.58. The molecule has 0 atom stereocenters. The maximum Gasteiger partial charge on any atom is 0.272 e. The molecule has 0 saturated heterocycles. The van der Waals surface area contributed by atoms with Crippen LogP contribution in [0.25, 0.3) is 11.5 Å². The third-order valence-electron chi connectivity index (χ3n) is 3.64. The summed E-state index contributed by atoms with van der Waals surface area (Å²) in [5, 5.41) is 27.2. The molecule has 0 bridgehead atoms. The maximum absolute atomic E-state index is 13.1. The fourth-order valence-corrected chi connectivity index (χ4v) is 2.74. The molecule has 0 unspecified atom stereocenters. The molecule has 0 radical (unpaired) electrons. The van der Waals surface area contributed by atoms with Crippen molar-refractivity contribution in [3.05, 3.63) is 69.5 Å². The van der Waals surface area contributed by atoms with Crippen molar-refractivity contribution in [1.29, 1.82) is 0 Å². The van der Waals surface area contributed by atoms with E-state index < -0.39 is 4.92 Å². The minimum Gasteiger partial charge on any atom is -0.867 e. The summed E-state index contributed by atoms with van der Waals surface area (Å²) in [7, 11) is 0. The Kier molecular flexibility index (Phi) is 5.82. The first kappa shape index (κ1) is 18.5. The number of hydrogen-bond acceptors (Lipinski definition) is 4. The standard InChI is InChI=1S/C18H19N3O3S/c1-4-19-18(25)16(20-9-5-6-12(2)11-20)17(22)14-8-7-13(3)15(10-14)21(23)24/h5-11H,4H2,1-3H3,(H-,19,22,25). The Morgan fingerprint density at radius 3 is 2.64 bits per heavy atom. The van der Waals surface area contributed by atoms with Crippen molar-refractivity contribution in [3.63, 3.8) is 0 Å². The largest absolute Gasteiger partial charge is 0.867 e. The van der Waals surface area contributed by atoms with E-state index in [1.807, 2.05) is 26.0 Å². The number of likely N-dealkylation sites (N-methyl/N-ethyl adjacent to an activating group) is 1. The number of benzene rings is 1. The van der Waals surface area contributed by atoms with Crippen LogP contribution in [0.15, 0.2) is 42.7 Å². The van der Waals surface area contributed by atoms with Crippen LogP contribution in [0, 0.1) is 24.0 Å². The number of hydrogen-bond donors (Lipinski definition) is 1. The molecule has 130 valence electrons. The molecule has 0 aliphatic rings. The Labute approximate surface area is 151 Å². The normalized spacial score (nSPS) is 11.6. The SMILES string of the molecule is CCNC(=S)/C(=C(/[O-])c1ccc(C)c([N+](=O)[O-])c1)[n+]1cccc(C)c1. The molecular formula is C18H19N3O3S. The molecule has 2 rings (SSSR count). The summed E-state index contributed by atoms with van der Waals surface area (Å²) in [6, 6.07) is 8.17. The molecule has 1 aromatic carbocycles. The fraction of sp³-hybridized carbons (Fsp3) is 0.222. The highest BCUT2D eigenvalue weighted by molar-refractivity contribution is 7.81. The minimum absolute atomic E-state index is 0.0891. The van der Waals surface area contributed by atoms with Gasteiger partial charge in [0, 0.05) is 29.8 Å². The second kappa shape index (κ2) is 7.85. The van der Waals surface area contributed by atoms with Crippen LogP contribution >= 0.6 is 12.2 Å². The van der Waals surface area contributed by atoms with Gasteiger partial charge >= 0.3 is 0 Å². The molecular weight excluding hydrogens is 338 g/mol. The smallest absolute Gasteiger partial charge is 0.272 e. The highest BCUT2D eigenvalue weighted by Crippen LogP contribution is 2.23. The van der Waals surface area contributed by atoms with Gasteiger partial charge in [0.2, 0.25) is 5.70 Å². The van der Waals surface area contributed by atoms with E-state index in [-0.39, 0.29) is 22.7 Å². The third kappa shape index (κ3) is 4.19. The van der Waals surface area contributed by atoms with Gasteiger partial charge < -0.3 is 10.4 Å². The van der Waals surface area contributed by atoms with Gasteiger partial charge in [0.05, 0.1) is 4.92 Å². The molecule has 2 aromatic rings. The molecule has 0 aliphatic heterocycles. The lowest BCUT2D eigenvalue weighted by Gasteiger charge is -2.17. The van der Waals surface area contributed by atoms with E-state index >= 15 is 0 Å². The monoisotopic (exact) mass is 357 g/mol. The van der Waals surface area contributed by atoms with E-state index in [9.17, 15) is 15.2 Å². The molecule has 0 amide bonds. The molecule has 0 spiro atoms. The van der Waals surface area contributed by atoms with Gasteiger partial charge in [0.25, 0.3) is 5.69 Å². The fourth-order valence-electron chi connectivity index (χ4n) is 2.40. The first-order chi connectivity index (χ1) is 11.8. The predicted octanol–water partition coefficient (Wildman–Crippen LogP) is 2.12. The van der Waals surface area contributed by atoms with E-state index in [2.05, 4.69) is 5.32 Å². The number of aromatic nitrogens is 1. The van der Waals surface area contributed by atoms with E-state index in [0.29, 0.717) is 17.1 Å². The molecule has 0 aliphatic carbocycles. The van der Waals surface area contributed by atoms with E-state index in [0.717, 1.165) is 5.56 Å². The van der Waals surface area contributed by atoms with Gasteiger partial charge in [-0.15, -0.1) is 0 Å². The zero-order valence-electron chi connectivity index (χ0n) is 14.3. The topological polar surface area (TPSA) is 82.1 Å². The summed E-state index contributed by atoms with van der Waals surface area (Å²) in [5.74, 6) is -0.371. The van der Waals surface area contributed by atoms with Crippen LogP contribution in [-0.2, 0) is 0 Å². The van der Waals surface area contributed by atoms with Crippen LogP contribution in [0.3, 0.4) is 0 Å². The summed E-state index contributed by atoms with van der Waals surface area (Å²) in [6.07, 6.45) is 3.52. The van der Waals surface area contributed by atoms with Crippen LogP contribution in [0.2, 0.25) is 0 Å². The molecule has 1 N–H and O–H groups in total.